The predicted molar refractivity (Wildman–Crippen MR) is 153 cm³/mol. The van der Waals surface area contributed by atoms with E-state index in [1.807, 2.05) is 13.8 Å². The summed E-state index contributed by atoms with van der Waals surface area (Å²) in [6, 6.07) is 0. The van der Waals surface area contributed by atoms with Crippen molar-refractivity contribution < 1.29 is 43.0 Å². The van der Waals surface area contributed by atoms with Gasteiger partial charge in [0.25, 0.3) is 5.97 Å². The number of carboxylic acid groups (broad SMARTS) is 3. The van der Waals surface area contributed by atoms with Crippen LogP contribution in [0.5, 0.6) is 0 Å². The molecule has 228 valence electrons. The van der Waals surface area contributed by atoms with Crippen molar-refractivity contribution in [3.8, 4) is 0 Å². The fourth-order valence-electron chi connectivity index (χ4n) is 2.54. The molecule has 1 N–H and O–H groups in total. The maximum Gasteiger partial charge on any atom is 0.302 e. The summed E-state index contributed by atoms with van der Waals surface area (Å²) in [7, 11) is 0. The molecule has 0 aromatic rings. The van der Waals surface area contributed by atoms with Crippen molar-refractivity contribution in [2.45, 2.75) is 144 Å². The summed E-state index contributed by atoms with van der Waals surface area (Å²) in [5.41, 5.74) is 0. The van der Waals surface area contributed by atoms with Gasteiger partial charge in [0.05, 0.1) is 6.61 Å². The summed E-state index contributed by atoms with van der Waals surface area (Å²) in [6.45, 7) is 11.9. The van der Waals surface area contributed by atoms with E-state index in [2.05, 4.69) is 44.2 Å². The molecule has 0 aliphatic heterocycles. The van der Waals surface area contributed by atoms with E-state index in [1.54, 1.807) is 6.92 Å². The van der Waals surface area contributed by atoms with Gasteiger partial charge in [0.2, 0.25) is 0 Å². The number of unbranched alkanes of at least 4 members (excludes halogenated alkanes) is 11. The Hall–Kier alpha value is -1.89. The zero-order valence-corrected chi connectivity index (χ0v) is 26.8. The van der Waals surface area contributed by atoms with Crippen LogP contribution in [0.2, 0.25) is 0 Å². The van der Waals surface area contributed by atoms with E-state index in [0.717, 1.165) is 33.1 Å². The van der Waals surface area contributed by atoms with Crippen molar-refractivity contribution >= 4 is 40.5 Å². The van der Waals surface area contributed by atoms with Crippen LogP contribution in [0, 0.1) is 0 Å². The number of carbonyl (C=O) groups is 4. The van der Waals surface area contributed by atoms with Gasteiger partial charge in [0, 0.05) is 25.8 Å². The van der Waals surface area contributed by atoms with Crippen LogP contribution in [0.1, 0.15) is 138 Å². The van der Waals surface area contributed by atoms with E-state index in [4.69, 9.17) is 19.8 Å². The molecule has 9 nitrogen and oxygen atoms in total. The summed E-state index contributed by atoms with van der Waals surface area (Å²) in [6.07, 6.45) is 21.2. The SMILES string of the molecule is CC(=O)O.CC(=O)[O-].CC(C)[O][Al+2].CCCCCCCC/C=C\CCCCCCCC(=O)[O-].CCOC(C)=O. The molecule has 0 aromatic heterocycles. The second kappa shape index (κ2) is 43.2. The quantitative estimate of drug-likeness (QED) is 0.113. The van der Waals surface area contributed by atoms with E-state index >= 15 is 0 Å². The Bertz CT molecular complexity index is 545. The third kappa shape index (κ3) is 104. The average Bonchev–Trinajstić information content (AvgIpc) is 2.81. The van der Waals surface area contributed by atoms with Crippen LogP contribution < -0.4 is 10.2 Å². The van der Waals surface area contributed by atoms with E-state index in [-0.39, 0.29) is 12.4 Å². The minimum atomic E-state index is -1.08. The van der Waals surface area contributed by atoms with Crippen LogP contribution in [0.25, 0.3) is 0 Å². The molecule has 10 heteroatoms. The Kier molecular flexibility index (Phi) is 52.0. The molecule has 0 rings (SSSR count). The second-order valence-electron chi connectivity index (χ2n) is 8.83. The van der Waals surface area contributed by atoms with Crippen molar-refractivity contribution in [2.75, 3.05) is 6.61 Å². The van der Waals surface area contributed by atoms with E-state index < -0.39 is 17.9 Å². The number of carbonyl (C=O) groups excluding carboxylic acids is 3. The first-order valence-electron chi connectivity index (χ1n) is 14.0. The van der Waals surface area contributed by atoms with Crippen molar-refractivity contribution in [2.24, 2.45) is 0 Å². The number of rotatable bonds is 17. The molecule has 0 radical (unpaired) electrons. The van der Waals surface area contributed by atoms with Crippen LogP contribution >= 0.6 is 0 Å². The molecule has 0 aromatic carbocycles. The van der Waals surface area contributed by atoms with E-state index in [1.165, 1.54) is 71.1 Å². The molecule has 0 aliphatic carbocycles. The van der Waals surface area contributed by atoms with E-state index in [9.17, 15) is 14.7 Å². The summed E-state index contributed by atoms with van der Waals surface area (Å²) < 4.78 is 9.07. The molecule has 0 unspecified atom stereocenters. The monoisotopic (exact) mass is 574 g/mol. The number of hydrogen-bond donors (Lipinski definition) is 1. The van der Waals surface area contributed by atoms with Gasteiger partial charge < -0.3 is 29.6 Å². The molecule has 0 heterocycles. The molecule has 39 heavy (non-hydrogen) atoms. The number of carboxylic acids is 3. The zero-order chi connectivity index (χ0) is 31.3. The van der Waals surface area contributed by atoms with Crippen LogP contribution in [0.15, 0.2) is 12.2 Å². The van der Waals surface area contributed by atoms with Gasteiger partial charge in [-0.05, 0) is 52.4 Å². The minimum Gasteiger partial charge on any atom is -0.550 e. The summed E-state index contributed by atoms with van der Waals surface area (Å²) >= 11 is 2.19. The third-order valence-corrected chi connectivity index (χ3v) is 4.81. The molecule has 0 fully saturated rings. The Balaban J connectivity index is -0.000000163. The number of hydrogen-bond acceptors (Lipinski definition) is 8. The van der Waals surface area contributed by atoms with Gasteiger partial charge in [-0.3, -0.25) is 9.59 Å². The maximum atomic E-state index is 10.2. The van der Waals surface area contributed by atoms with Gasteiger partial charge in [-0.15, -0.1) is 0 Å². The molecular formula is C29H55AlO9. The van der Waals surface area contributed by atoms with Crippen LogP contribution in [-0.4, -0.2) is 58.3 Å². The molecule has 0 bridgehead atoms. The third-order valence-electron chi connectivity index (χ3n) is 4.26. The predicted octanol–water partition coefficient (Wildman–Crippen LogP) is 4.69. The van der Waals surface area contributed by atoms with Gasteiger partial charge >= 0.3 is 46.3 Å². The molecule has 0 saturated heterocycles. The molecule has 0 amide bonds. The molecular weight excluding hydrogens is 519 g/mol. The normalized spacial score (nSPS) is 9.49. The number of aliphatic carboxylic acids is 3. The number of allylic oxidation sites excluding steroid dienone is 2. The maximum absolute atomic E-state index is 10.2. The number of ether oxygens (including phenoxy) is 1. The minimum absolute atomic E-state index is 0.211. The summed E-state index contributed by atoms with van der Waals surface area (Å²) in [5, 5.41) is 26.5. The van der Waals surface area contributed by atoms with Crippen LogP contribution in [0.4, 0.5) is 0 Å². The second-order valence-corrected chi connectivity index (χ2v) is 9.10. The number of esters is 1. The molecule has 0 spiro atoms. The van der Waals surface area contributed by atoms with Crippen molar-refractivity contribution in [3.05, 3.63) is 12.2 Å². The molecule has 0 aliphatic rings. The smallest absolute Gasteiger partial charge is 0.302 e. The largest absolute Gasteiger partial charge is 0.550 e. The fraction of sp³-hybridized carbons (Fsp3) is 0.793. The Labute approximate surface area is 246 Å². The Morgan fingerprint density at radius 3 is 1.36 bits per heavy atom. The molecule has 0 saturated carbocycles. The zero-order valence-electron chi connectivity index (χ0n) is 25.6. The first-order chi connectivity index (χ1) is 18.3. The first kappa shape index (κ1) is 46.9. The molecule has 0 atom stereocenters. The van der Waals surface area contributed by atoms with Crippen LogP contribution in [-0.2, 0) is 27.7 Å². The average molecular weight is 575 g/mol. The summed E-state index contributed by atoms with van der Waals surface area (Å²) in [4.78, 5) is 37.9. The standard InChI is InChI=1S/C18H34O2.C4H8O2.C3H7O.2C2H4O2.Al/c1-2-3-4-5-6-7-8-9-10-11-12-13-14-15-16-17-18(19)20;1-3-6-4(2)5;1-3(2)4;2*1-2(3)4;/h9-10H,2-8,11-17H2,1H3,(H,19,20);3H2,1-2H3;3H,1-2H3;2*1H3,(H,3,4);/q;;-1;;;+3/p-2/b10-9-;;;;;. The van der Waals surface area contributed by atoms with Gasteiger partial charge in [-0.25, -0.2) is 0 Å². The topological polar surface area (TPSA) is 153 Å². The van der Waals surface area contributed by atoms with Crippen molar-refractivity contribution in [1.82, 2.24) is 0 Å². The van der Waals surface area contributed by atoms with Gasteiger partial charge in [-0.1, -0.05) is 70.4 Å². The van der Waals surface area contributed by atoms with E-state index in [0.29, 0.717) is 12.7 Å². The Morgan fingerprint density at radius 2 is 1.10 bits per heavy atom. The Morgan fingerprint density at radius 1 is 0.769 bits per heavy atom. The van der Waals surface area contributed by atoms with Crippen molar-refractivity contribution in [3.63, 3.8) is 0 Å². The van der Waals surface area contributed by atoms with Crippen LogP contribution in [0.3, 0.4) is 0 Å². The van der Waals surface area contributed by atoms with Crippen molar-refractivity contribution in [1.29, 1.82) is 0 Å². The van der Waals surface area contributed by atoms with Gasteiger partial charge in [0.15, 0.2) is 0 Å². The summed E-state index contributed by atoms with van der Waals surface area (Å²) in [5.74, 6) is -3.04. The first-order valence-corrected chi connectivity index (χ1v) is 14.5. The van der Waals surface area contributed by atoms with Gasteiger partial charge in [-0.2, -0.15) is 0 Å². The van der Waals surface area contributed by atoms with Gasteiger partial charge in [0.1, 0.15) is 0 Å². The fourth-order valence-corrected chi connectivity index (χ4v) is 2.54.